The van der Waals surface area contributed by atoms with Crippen molar-refractivity contribution < 1.29 is 14.7 Å². The molecular weight excluding hydrogens is 304 g/mol. The molecule has 132 valence electrons. The van der Waals surface area contributed by atoms with Crippen LogP contribution in [0, 0.1) is 11.3 Å². The van der Waals surface area contributed by atoms with E-state index in [2.05, 4.69) is 5.32 Å². The van der Waals surface area contributed by atoms with Crippen LogP contribution >= 0.6 is 0 Å². The molecule has 0 aliphatic carbocycles. The lowest BCUT2D eigenvalue weighted by molar-refractivity contribution is -0.117. The third-order valence-electron chi connectivity index (χ3n) is 4.24. The Morgan fingerprint density at radius 2 is 1.92 bits per heavy atom. The third kappa shape index (κ3) is 5.34. The molecule has 0 radical (unpaired) electrons. The number of benzene rings is 1. The fraction of sp³-hybridized carbons (Fsp3) is 0.579. The molecule has 0 aromatic heterocycles. The second kappa shape index (κ2) is 7.79. The van der Waals surface area contributed by atoms with E-state index in [0.717, 1.165) is 12.8 Å². The lowest BCUT2D eigenvalue weighted by Gasteiger charge is -2.31. The molecule has 2 amide bonds. The van der Waals surface area contributed by atoms with Crippen LogP contribution in [-0.2, 0) is 4.79 Å². The van der Waals surface area contributed by atoms with Crippen LogP contribution in [0.2, 0.25) is 0 Å². The van der Waals surface area contributed by atoms with Crippen molar-refractivity contribution in [2.45, 2.75) is 40.0 Å². The number of aliphatic hydroxyl groups excluding tert-OH is 1. The summed E-state index contributed by atoms with van der Waals surface area (Å²) in [5, 5.41) is 12.1. The minimum Gasteiger partial charge on any atom is -0.396 e. The predicted molar refractivity (Wildman–Crippen MR) is 94.9 cm³/mol. The summed E-state index contributed by atoms with van der Waals surface area (Å²) in [6.07, 6.45) is 2.11. The highest BCUT2D eigenvalue weighted by molar-refractivity contribution is 5.97. The first-order valence-electron chi connectivity index (χ1n) is 8.58. The Kier molecular flexibility index (Phi) is 5.99. The number of carbonyl (C=O) groups excluding carboxylic acids is 2. The van der Waals surface area contributed by atoms with Crippen molar-refractivity contribution in [2.75, 3.05) is 25.0 Å². The lowest BCUT2D eigenvalue weighted by atomic mass is 9.92. The Morgan fingerprint density at radius 1 is 1.25 bits per heavy atom. The van der Waals surface area contributed by atoms with Crippen LogP contribution in [0.4, 0.5) is 5.69 Å². The summed E-state index contributed by atoms with van der Waals surface area (Å²) < 4.78 is 0. The minimum absolute atomic E-state index is 0.0155. The molecule has 1 aromatic rings. The molecule has 0 spiro atoms. The molecule has 1 saturated heterocycles. The SMILES string of the molecule is CC(C)(C)CC(=O)Nc1cccc(C(=O)N2CCC(CO)CC2)c1. The molecule has 1 aliphatic rings. The van der Waals surface area contributed by atoms with Crippen LogP contribution in [0.15, 0.2) is 24.3 Å². The van der Waals surface area contributed by atoms with E-state index >= 15 is 0 Å². The van der Waals surface area contributed by atoms with Gasteiger partial charge >= 0.3 is 0 Å². The Morgan fingerprint density at radius 3 is 2.50 bits per heavy atom. The summed E-state index contributed by atoms with van der Waals surface area (Å²) >= 11 is 0. The highest BCUT2D eigenvalue weighted by atomic mass is 16.3. The number of hydrogen-bond acceptors (Lipinski definition) is 3. The zero-order chi connectivity index (χ0) is 17.7. The normalized spacial score (nSPS) is 16.1. The number of carbonyl (C=O) groups is 2. The van der Waals surface area contributed by atoms with E-state index < -0.39 is 0 Å². The van der Waals surface area contributed by atoms with Crippen molar-refractivity contribution in [3.63, 3.8) is 0 Å². The lowest BCUT2D eigenvalue weighted by Crippen LogP contribution is -2.39. The van der Waals surface area contributed by atoms with Gasteiger partial charge in [0.2, 0.25) is 5.91 Å². The second-order valence-electron chi connectivity index (χ2n) is 7.78. The first kappa shape index (κ1) is 18.5. The summed E-state index contributed by atoms with van der Waals surface area (Å²) in [5.41, 5.74) is 1.17. The fourth-order valence-electron chi connectivity index (χ4n) is 2.92. The molecule has 2 rings (SSSR count). The maximum Gasteiger partial charge on any atom is 0.253 e. The molecule has 5 nitrogen and oxygen atoms in total. The minimum atomic E-state index is -0.0748. The molecule has 1 aromatic carbocycles. The molecule has 1 heterocycles. The smallest absolute Gasteiger partial charge is 0.253 e. The van der Waals surface area contributed by atoms with E-state index in [1.165, 1.54) is 0 Å². The van der Waals surface area contributed by atoms with Gasteiger partial charge in [0.1, 0.15) is 0 Å². The largest absolute Gasteiger partial charge is 0.396 e. The zero-order valence-electron chi connectivity index (χ0n) is 14.8. The van der Waals surface area contributed by atoms with Crippen LogP contribution in [0.25, 0.3) is 0 Å². The molecule has 5 heteroatoms. The van der Waals surface area contributed by atoms with Crippen LogP contribution in [0.5, 0.6) is 0 Å². The van der Waals surface area contributed by atoms with Gasteiger partial charge in [-0.1, -0.05) is 26.8 Å². The molecule has 24 heavy (non-hydrogen) atoms. The first-order valence-corrected chi connectivity index (χ1v) is 8.58. The standard InChI is InChI=1S/C19H28N2O3/c1-19(2,3)12-17(23)20-16-6-4-5-15(11-16)18(24)21-9-7-14(13-22)8-10-21/h4-6,11,14,22H,7-10,12-13H2,1-3H3,(H,20,23). The molecule has 0 saturated carbocycles. The second-order valence-corrected chi connectivity index (χ2v) is 7.78. The van der Waals surface area contributed by atoms with Gasteiger partial charge in [0.25, 0.3) is 5.91 Å². The third-order valence-corrected chi connectivity index (χ3v) is 4.24. The molecule has 1 aliphatic heterocycles. The Hall–Kier alpha value is -1.88. The molecule has 2 N–H and O–H groups in total. The van der Waals surface area contributed by atoms with Crippen molar-refractivity contribution >= 4 is 17.5 Å². The predicted octanol–water partition coefficient (Wildman–Crippen LogP) is 2.91. The van der Waals surface area contributed by atoms with Gasteiger partial charge in [-0.05, 0) is 42.4 Å². The molecule has 1 fully saturated rings. The van der Waals surface area contributed by atoms with Gasteiger partial charge in [-0.3, -0.25) is 9.59 Å². The van der Waals surface area contributed by atoms with Gasteiger partial charge in [0, 0.05) is 37.4 Å². The average molecular weight is 332 g/mol. The summed E-state index contributed by atoms with van der Waals surface area (Å²) in [5.74, 6) is 0.242. The van der Waals surface area contributed by atoms with Crippen molar-refractivity contribution in [2.24, 2.45) is 11.3 Å². The summed E-state index contributed by atoms with van der Waals surface area (Å²) in [6, 6.07) is 7.11. The van der Waals surface area contributed by atoms with Gasteiger partial charge in [0.15, 0.2) is 0 Å². The molecule has 0 unspecified atom stereocenters. The van der Waals surface area contributed by atoms with Crippen LogP contribution in [-0.4, -0.2) is 41.5 Å². The number of piperidine rings is 1. The van der Waals surface area contributed by atoms with Crippen LogP contribution < -0.4 is 5.32 Å². The quantitative estimate of drug-likeness (QED) is 0.891. The summed E-state index contributed by atoms with van der Waals surface area (Å²) in [6.45, 7) is 7.58. The van der Waals surface area contributed by atoms with Gasteiger partial charge in [0.05, 0.1) is 0 Å². The number of nitrogens with one attached hydrogen (secondary N) is 1. The fourth-order valence-corrected chi connectivity index (χ4v) is 2.92. The van der Waals surface area contributed by atoms with Gasteiger partial charge in [-0.25, -0.2) is 0 Å². The highest BCUT2D eigenvalue weighted by Crippen LogP contribution is 2.22. The highest BCUT2D eigenvalue weighted by Gasteiger charge is 2.23. The number of anilines is 1. The van der Waals surface area contributed by atoms with E-state index in [1.807, 2.05) is 25.7 Å². The van der Waals surface area contributed by atoms with E-state index in [-0.39, 0.29) is 23.8 Å². The molecular formula is C19H28N2O3. The summed E-state index contributed by atoms with van der Waals surface area (Å²) in [4.78, 5) is 26.5. The summed E-state index contributed by atoms with van der Waals surface area (Å²) in [7, 11) is 0. The number of likely N-dealkylation sites (tertiary alicyclic amines) is 1. The van der Waals surface area contributed by atoms with Crippen LogP contribution in [0.1, 0.15) is 50.4 Å². The maximum absolute atomic E-state index is 12.6. The van der Waals surface area contributed by atoms with Gasteiger partial charge in [-0.15, -0.1) is 0 Å². The Bertz CT molecular complexity index is 585. The maximum atomic E-state index is 12.6. The van der Waals surface area contributed by atoms with Gasteiger partial charge in [-0.2, -0.15) is 0 Å². The topological polar surface area (TPSA) is 69.6 Å². The van der Waals surface area contributed by atoms with Crippen LogP contribution in [0.3, 0.4) is 0 Å². The van der Waals surface area contributed by atoms with Crippen molar-refractivity contribution in [3.8, 4) is 0 Å². The van der Waals surface area contributed by atoms with Crippen molar-refractivity contribution in [1.29, 1.82) is 0 Å². The monoisotopic (exact) mass is 332 g/mol. The number of aliphatic hydroxyl groups is 1. The van der Waals surface area contributed by atoms with E-state index in [0.29, 0.717) is 36.7 Å². The van der Waals surface area contributed by atoms with Crippen molar-refractivity contribution in [3.05, 3.63) is 29.8 Å². The van der Waals surface area contributed by atoms with E-state index in [9.17, 15) is 14.7 Å². The number of hydrogen-bond donors (Lipinski definition) is 2. The first-order chi connectivity index (χ1) is 11.3. The Balaban J connectivity index is 1.99. The molecule has 0 atom stereocenters. The average Bonchev–Trinajstić information content (AvgIpc) is 2.52. The number of nitrogens with zero attached hydrogens (tertiary/aromatic N) is 1. The number of amides is 2. The van der Waals surface area contributed by atoms with E-state index in [1.54, 1.807) is 24.3 Å². The number of rotatable bonds is 4. The Labute approximate surface area is 144 Å². The van der Waals surface area contributed by atoms with E-state index in [4.69, 9.17) is 0 Å². The zero-order valence-corrected chi connectivity index (χ0v) is 14.8. The van der Waals surface area contributed by atoms with Crippen molar-refractivity contribution in [1.82, 2.24) is 4.90 Å². The van der Waals surface area contributed by atoms with Gasteiger partial charge < -0.3 is 15.3 Å². The molecule has 0 bridgehead atoms.